The average molecular weight is 325 g/mol. The van der Waals surface area contributed by atoms with Gasteiger partial charge < -0.3 is 5.73 Å². The molecule has 1 heterocycles. The van der Waals surface area contributed by atoms with E-state index in [2.05, 4.69) is 4.98 Å². The molecule has 0 bridgehead atoms. The van der Waals surface area contributed by atoms with Crippen molar-refractivity contribution in [3.05, 3.63) is 23.0 Å². The lowest BCUT2D eigenvalue weighted by atomic mass is 10.1. The SMILES string of the molecule is NCc1c(S(=O)(=O)Cl)cc(C(F)F)nc1C(F)(F)F. The molecule has 0 unspecified atom stereocenters. The molecular weight excluding hydrogens is 319 g/mol. The summed E-state index contributed by atoms with van der Waals surface area (Å²) >= 11 is 0. The third kappa shape index (κ3) is 3.51. The summed E-state index contributed by atoms with van der Waals surface area (Å²) in [4.78, 5) is 1.59. The highest BCUT2D eigenvalue weighted by atomic mass is 35.7. The molecule has 0 fully saturated rings. The van der Waals surface area contributed by atoms with Crippen LogP contribution in [0.2, 0.25) is 0 Å². The summed E-state index contributed by atoms with van der Waals surface area (Å²) in [6, 6.07) is 0.282. The van der Waals surface area contributed by atoms with E-state index in [0.29, 0.717) is 0 Å². The standard InChI is InChI=1S/C8H6ClF5N2O2S/c9-19(17,18)5-1-4(7(10)11)16-6(3(5)2-15)8(12,13)14/h1,7H,2,15H2. The summed E-state index contributed by atoms with van der Waals surface area (Å²) in [6.07, 6.45) is -8.51. The van der Waals surface area contributed by atoms with Gasteiger partial charge >= 0.3 is 6.18 Å². The molecule has 0 saturated carbocycles. The lowest BCUT2D eigenvalue weighted by Crippen LogP contribution is -2.19. The van der Waals surface area contributed by atoms with E-state index in [0.717, 1.165) is 0 Å². The van der Waals surface area contributed by atoms with Crippen molar-refractivity contribution in [2.75, 3.05) is 0 Å². The van der Waals surface area contributed by atoms with E-state index in [-0.39, 0.29) is 6.07 Å². The summed E-state index contributed by atoms with van der Waals surface area (Å²) < 4.78 is 85.1. The first-order valence-electron chi connectivity index (χ1n) is 4.52. The Labute approximate surface area is 108 Å². The van der Waals surface area contributed by atoms with Crippen LogP contribution in [0.1, 0.15) is 23.4 Å². The van der Waals surface area contributed by atoms with Gasteiger partial charge in [0.2, 0.25) is 0 Å². The number of aromatic nitrogens is 1. The van der Waals surface area contributed by atoms with E-state index >= 15 is 0 Å². The fourth-order valence-corrected chi connectivity index (χ4v) is 2.48. The summed E-state index contributed by atoms with van der Waals surface area (Å²) in [5, 5.41) is 0. The van der Waals surface area contributed by atoms with Crippen LogP contribution < -0.4 is 5.73 Å². The highest BCUT2D eigenvalue weighted by molar-refractivity contribution is 8.13. The van der Waals surface area contributed by atoms with Crippen LogP contribution in [0.5, 0.6) is 0 Å². The molecule has 2 N–H and O–H groups in total. The zero-order chi connectivity index (χ0) is 15.0. The molecule has 0 atom stereocenters. The molecule has 0 aliphatic heterocycles. The van der Waals surface area contributed by atoms with Gasteiger partial charge in [0, 0.05) is 22.8 Å². The normalized spacial score (nSPS) is 13.1. The Hall–Kier alpha value is -1.00. The number of alkyl halides is 5. The Balaban J connectivity index is 3.77. The van der Waals surface area contributed by atoms with Crippen LogP contribution in [-0.2, 0) is 21.8 Å². The summed E-state index contributed by atoms with van der Waals surface area (Å²) in [5.41, 5.74) is 0.940. The second-order valence-electron chi connectivity index (χ2n) is 3.31. The minimum absolute atomic E-state index is 0.282. The third-order valence-corrected chi connectivity index (χ3v) is 3.45. The molecular formula is C8H6ClF5N2O2S. The van der Waals surface area contributed by atoms with Gasteiger partial charge in [-0.25, -0.2) is 22.2 Å². The monoisotopic (exact) mass is 324 g/mol. The van der Waals surface area contributed by atoms with E-state index in [4.69, 9.17) is 16.4 Å². The Bertz CT molecular complexity index is 588. The van der Waals surface area contributed by atoms with Gasteiger partial charge in [-0.3, -0.25) is 0 Å². The highest BCUT2D eigenvalue weighted by Crippen LogP contribution is 2.36. The van der Waals surface area contributed by atoms with Crippen LogP contribution >= 0.6 is 10.7 Å². The van der Waals surface area contributed by atoms with Crippen molar-refractivity contribution in [2.24, 2.45) is 5.73 Å². The predicted octanol–water partition coefficient (Wildman–Crippen LogP) is 2.42. The van der Waals surface area contributed by atoms with Crippen molar-refractivity contribution in [3.8, 4) is 0 Å². The first-order chi connectivity index (χ1) is 8.48. The van der Waals surface area contributed by atoms with Crippen molar-refractivity contribution in [1.29, 1.82) is 0 Å². The number of halogens is 6. The number of nitrogens with two attached hydrogens (primary N) is 1. The zero-order valence-electron chi connectivity index (χ0n) is 8.88. The molecule has 4 nitrogen and oxygen atoms in total. The fourth-order valence-electron chi connectivity index (χ4n) is 1.33. The molecule has 19 heavy (non-hydrogen) atoms. The van der Waals surface area contributed by atoms with E-state index < -0.39 is 50.0 Å². The zero-order valence-corrected chi connectivity index (χ0v) is 10.5. The van der Waals surface area contributed by atoms with E-state index in [1.165, 1.54) is 0 Å². The molecule has 1 aromatic heterocycles. The second kappa shape index (κ2) is 5.17. The predicted molar refractivity (Wildman–Crippen MR) is 55.1 cm³/mol. The van der Waals surface area contributed by atoms with Crippen molar-refractivity contribution >= 4 is 19.7 Å². The Kier molecular flexibility index (Phi) is 4.37. The van der Waals surface area contributed by atoms with Crippen LogP contribution in [0, 0.1) is 0 Å². The highest BCUT2D eigenvalue weighted by Gasteiger charge is 2.39. The van der Waals surface area contributed by atoms with E-state index in [1.54, 1.807) is 0 Å². The Morgan fingerprint density at radius 1 is 1.37 bits per heavy atom. The van der Waals surface area contributed by atoms with Crippen LogP contribution in [0.25, 0.3) is 0 Å². The lowest BCUT2D eigenvalue weighted by Gasteiger charge is -2.15. The van der Waals surface area contributed by atoms with Gasteiger partial charge in [-0.1, -0.05) is 0 Å². The molecule has 1 aromatic rings. The largest absolute Gasteiger partial charge is 0.433 e. The van der Waals surface area contributed by atoms with Crippen molar-refractivity contribution < 1.29 is 30.4 Å². The van der Waals surface area contributed by atoms with Crippen LogP contribution in [0.4, 0.5) is 22.0 Å². The van der Waals surface area contributed by atoms with Gasteiger partial charge in [0.15, 0.2) is 5.69 Å². The number of pyridine rings is 1. The van der Waals surface area contributed by atoms with Crippen molar-refractivity contribution in [1.82, 2.24) is 4.98 Å². The molecule has 0 saturated heterocycles. The molecule has 0 aliphatic carbocycles. The van der Waals surface area contributed by atoms with Gasteiger partial charge in [0.05, 0.1) is 4.90 Å². The third-order valence-electron chi connectivity index (χ3n) is 2.06. The number of nitrogens with zero attached hydrogens (tertiary/aromatic N) is 1. The number of hydrogen-bond donors (Lipinski definition) is 1. The van der Waals surface area contributed by atoms with Crippen LogP contribution in [0.15, 0.2) is 11.0 Å². The molecule has 11 heteroatoms. The van der Waals surface area contributed by atoms with E-state index in [1.807, 2.05) is 0 Å². The first kappa shape index (κ1) is 16.1. The molecule has 0 radical (unpaired) electrons. The van der Waals surface area contributed by atoms with Gasteiger partial charge in [-0.05, 0) is 6.07 Å². The van der Waals surface area contributed by atoms with Crippen LogP contribution in [0.3, 0.4) is 0 Å². The molecule has 0 aliphatic rings. The lowest BCUT2D eigenvalue weighted by molar-refractivity contribution is -0.142. The van der Waals surface area contributed by atoms with Gasteiger partial charge in [0.1, 0.15) is 5.69 Å². The van der Waals surface area contributed by atoms with Crippen molar-refractivity contribution in [2.45, 2.75) is 24.0 Å². The fraction of sp³-hybridized carbons (Fsp3) is 0.375. The second-order valence-corrected chi connectivity index (χ2v) is 5.85. The smallest absolute Gasteiger partial charge is 0.326 e. The Morgan fingerprint density at radius 3 is 2.21 bits per heavy atom. The van der Waals surface area contributed by atoms with Gasteiger partial charge in [0.25, 0.3) is 15.5 Å². The van der Waals surface area contributed by atoms with Gasteiger partial charge in [-0.15, -0.1) is 0 Å². The minimum atomic E-state index is -5.13. The Morgan fingerprint density at radius 2 is 1.89 bits per heavy atom. The molecule has 0 aromatic carbocycles. The summed E-state index contributed by atoms with van der Waals surface area (Å²) in [6.45, 7) is -0.868. The summed E-state index contributed by atoms with van der Waals surface area (Å²) in [5.74, 6) is 0. The number of hydrogen-bond acceptors (Lipinski definition) is 4. The number of rotatable bonds is 3. The topological polar surface area (TPSA) is 73.1 Å². The molecule has 108 valence electrons. The van der Waals surface area contributed by atoms with Crippen LogP contribution in [-0.4, -0.2) is 13.4 Å². The average Bonchev–Trinajstić information content (AvgIpc) is 2.24. The maximum Gasteiger partial charge on any atom is 0.433 e. The van der Waals surface area contributed by atoms with E-state index in [9.17, 15) is 30.4 Å². The molecule has 0 amide bonds. The maximum absolute atomic E-state index is 12.6. The maximum atomic E-state index is 12.6. The molecule has 0 spiro atoms. The first-order valence-corrected chi connectivity index (χ1v) is 6.83. The van der Waals surface area contributed by atoms with Crippen molar-refractivity contribution in [3.63, 3.8) is 0 Å². The quantitative estimate of drug-likeness (QED) is 0.684. The molecule has 1 rings (SSSR count). The van der Waals surface area contributed by atoms with Gasteiger partial charge in [-0.2, -0.15) is 13.2 Å². The minimum Gasteiger partial charge on any atom is -0.326 e. The summed E-state index contributed by atoms with van der Waals surface area (Å²) in [7, 11) is 0.252.